The van der Waals surface area contributed by atoms with Crippen molar-refractivity contribution in [1.29, 1.82) is 0 Å². The fourth-order valence-electron chi connectivity index (χ4n) is 3.47. The SMILES string of the molecule is O=C(NCCCc1ccccc1)[C@H]1CCCN(C(=O)c2ccccc2F)C1. The Morgan fingerprint density at radius 1 is 1.07 bits per heavy atom. The lowest BCUT2D eigenvalue weighted by molar-refractivity contribution is -0.126. The second-order valence-electron chi connectivity index (χ2n) is 6.95. The van der Waals surface area contributed by atoms with Gasteiger partial charge in [0.05, 0.1) is 11.5 Å². The van der Waals surface area contributed by atoms with Gasteiger partial charge in [-0.25, -0.2) is 4.39 Å². The molecule has 0 unspecified atom stereocenters. The Balaban J connectivity index is 1.48. The highest BCUT2D eigenvalue weighted by Crippen LogP contribution is 2.20. The van der Waals surface area contributed by atoms with E-state index in [0.29, 0.717) is 19.6 Å². The van der Waals surface area contributed by atoms with Gasteiger partial charge >= 0.3 is 0 Å². The summed E-state index contributed by atoms with van der Waals surface area (Å²) in [6.45, 7) is 1.52. The summed E-state index contributed by atoms with van der Waals surface area (Å²) in [5.41, 5.74) is 1.33. The number of carbonyl (C=O) groups is 2. The normalized spacial score (nSPS) is 16.8. The molecule has 2 aromatic carbocycles. The molecule has 0 saturated carbocycles. The quantitative estimate of drug-likeness (QED) is 0.794. The lowest BCUT2D eigenvalue weighted by Crippen LogP contribution is -2.45. The minimum atomic E-state index is -0.519. The molecule has 1 aliphatic heterocycles. The van der Waals surface area contributed by atoms with E-state index in [4.69, 9.17) is 0 Å². The standard InChI is InChI=1S/C22H25FN2O2/c23-20-13-5-4-12-19(20)22(27)25-15-7-11-18(16-25)21(26)24-14-6-10-17-8-2-1-3-9-17/h1-5,8-9,12-13,18H,6-7,10-11,14-16H2,(H,24,26)/t18-/m0/s1. The highest BCUT2D eigenvalue weighted by atomic mass is 19.1. The zero-order chi connectivity index (χ0) is 19.1. The Labute approximate surface area is 159 Å². The zero-order valence-corrected chi connectivity index (χ0v) is 15.4. The van der Waals surface area contributed by atoms with Crippen molar-refractivity contribution in [3.05, 3.63) is 71.5 Å². The van der Waals surface area contributed by atoms with Crippen molar-refractivity contribution in [1.82, 2.24) is 10.2 Å². The van der Waals surface area contributed by atoms with Gasteiger partial charge in [0.15, 0.2) is 0 Å². The van der Waals surface area contributed by atoms with Crippen LogP contribution in [-0.4, -0.2) is 36.3 Å². The van der Waals surface area contributed by atoms with Gasteiger partial charge in [-0.1, -0.05) is 42.5 Å². The predicted octanol–water partition coefficient (Wildman–Crippen LogP) is 3.43. The number of piperidine rings is 1. The average Bonchev–Trinajstić information content (AvgIpc) is 2.72. The molecule has 1 saturated heterocycles. The Bertz CT molecular complexity index is 779. The Kier molecular flexibility index (Phi) is 6.58. The number of hydrogen-bond donors (Lipinski definition) is 1. The molecule has 142 valence electrons. The molecule has 2 amide bonds. The van der Waals surface area contributed by atoms with Crippen molar-refractivity contribution in [2.24, 2.45) is 5.92 Å². The van der Waals surface area contributed by atoms with Crippen LogP contribution in [0.2, 0.25) is 0 Å². The summed E-state index contributed by atoms with van der Waals surface area (Å²) in [5, 5.41) is 2.98. The number of rotatable bonds is 6. The van der Waals surface area contributed by atoms with Gasteiger partial charge in [0.1, 0.15) is 5.82 Å². The van der Waals surface area contributed by atoms with Crippen molar-refractivity contribution in [2.45, 2.75) is 25.7 Å². The molecule has 0 aliphatic carbocycles. The second-order valence-corrected chi connectivity index (χ2v) is 6.95. The van der Waals surface area contributed by atoms with Gasteiger partial charge in [0.2, 0.25) is 5.91 Å². The summed E-state index contributed by atoms with van der Waals surface area (Å²) >= 11 is 0. The highest BCUT2D eigenvalue weighted by Gasteiger charge is 2.29. The molecule has 0 spiro atoms. The molecular weight excluding hydrogens is 343 g/mol. The van der Waals surface area contributed by atoms with Crippen LogP contribution in [0.5, 0.6) is 0 Å². The maximum absolute atomic E-state index is 13.9. The fraction of sp³-hybridized carbons (Fsp3) is 0.364. The van der Waals surface area contributed by atoms with E-state index < -0.39 is 5.82 Å². The molecule has 1 aliphatic rings. The number of likely N-dealkylation sites (tertiary alicyclic amines) is 1. The van der Waals surface area contributed by atoms with E-state index in [1.54, 1.807) is 17.0 Å². The molecule has 5 heteroatoms. The van der Waals surface area contributed by atoms with E-state index in [1.807, 2.05) is 18.2 Å². The third-order valence-corrected chi connectivity index (χ3v) is 4.97. The Morgan fingerprint density at radius 3 is 2.59 bits per heavy atom. The van der Waals surface area contributed by atoms with Crippen LogP contribution in [0.4, 0.5) is 4.39 Å². The van der Waals surface area contributed by atoms with Crippen LogP contribution in [0.25, 0.3) is 0 Å². The van der Waals surface area contributed by atoms with Crippen LogP contribution in [0.1, 0.15) is 35.2 Å². The first kappa shape index (κ1) is 19.1. The van der Waals surface area contributed by atoms with Crippen LogP contribution in [0.15, 0.2) is 54.6 Å². The number of aryl methyl sites for hydroxylation is 1. The van der Waals surface area contributed by atoms with Gasteiger partial charge in [0.25, 0.3) is 5.91 Å². The van der Waals surface area contributed by atoms with Crippen LogP contribution < -0.4 is 5.32 Å². The van der Waals surface area contributed by atoms with E-state index in [2.05, 4.69) is 17.4 Å². The molecule has 1 N–H and O–H groups in total. The van der Waals surface area contributed by atoms with E-state index in [1.165, 1.54) is 17.7 Å². The molecule has 1 heterocycles. The van der Waals surface area contributed by atoms with Crippen molar-refractivity contribution in [3.8, 4) is 0 Å². The number of hydrogen-bond acceptors (Lipinski definition) is 2. The number of amides is 2. The van der Waals surface area contributed by atoms with Gasteiger partial charge in [-0.2, -0.15) is 0 Å². The first-order chi connectivity index (χ1) is 13.1. The predicted molar refractivity (Wildman–Crippen MR) is 103 cm³/mol. The van der Waals surface area contributed by atoms with E-state index in [0.717, 1.165) is 25.7 Å². The first-order valence-corrected chi connectivity index (χ1v) is 9.50. The van der Waals surface area contributed by atoms with Gasteiger partial charge in [-0.05, 0) is 43.4 Å². The maximum atomic E-state index is 13.9. The molecular formula is C22H25FN2O2. The van der Waals surface area contributed by atoms with Gasteiger partial charge in [-0.15, -0.1) is 0 Å². The van der Waals surface area contributed by atoms with Crippen molar-refractivity contribution < 1.29 is 14.0 Å². The van der Waals surface area contributed by atoms with Crippen LogP contribution in [-0.2, 0) is 11.2 Å². The lowest BCUT2D eigenvalue weighted by atomic mass is 9.96. The molecule has 3 rings (SSSR count). The minimum absolute atomic E-state index is 0.0194. The number of halogens is 1. The topological polar surface area (TPSA) is 49.4 Å². The number of benzene rings is 2. The molecule has 27 heavy (non-hydrogen) atoms. The number of nitrogens with one attached hydrogen (secondary N) is 1. The first-order valence-electron chi connectivity index (χ1n) is 9.50. The largest absolute Gasteiger partial charge is 0.356 e. The van der Waals surface area contributed by atoms with Crippen molar-refractivity contribution >= 4 is 11.8 Å². The third-order valence-electron chi connectivity index (χ3n) is 4.97. The summed E-state index contributed by atoms with van der Waals surface area (Å²) < 4.78 is 13.9. The van der Waals surface area contributed by atoms with E-state index in [-0.39, 0.29) is 23.3 Å². The summed E-state index contributed by atoms with van der Waals surface area (Å²) in [7, 11) is 0. The average molecular weight is 368 g/mol. The molecule has 0 aromatic heterocycles. The molecule has 2 aromatic rings. The second kappa shape index (κ2) is 9.31. The van der Waals surface area contributed by atoms with Crippen LogP contribution >= 0.6 is 0 Å². The highest BCUT2D eigenvalue weighted by molar-refractivity contribution is 5.95. The monoisotopic (exact) mass is 368 g/mol. The smallest absolute Gasteiger partial charge is 0.256 e. The zero-order valence-electron chi connectivity index (χ0n) is 15.4. The lowest BCUT2D eigenvalue weighted by Gasteiger charge is -2.32. The maximum Gasteiger partial charge on any atom is 0.256 e. The van der Waals surface area contributed by atoms with Crippen molar-refractivity contribution in [2.75, 3.05) is 19.6 Å². The summed E-state index contributed by atoms with van der Waals surface area (Å²) in [5.74, 6) is -1.11. The summed E-state index contributed by atoms with van der Waals surface area (Å²) in [6, 6.07) is 16.2. The Morgan fingerprint density at radius 2 is 1.81 bits per heavy atom. The third kappa shape index (κ3) is 5.16. The Hall–Kier alpha value is -2.69. The van der Waals surface area contributed by atoms with E-state index in [9.17, 15) is 14.0 Å². The minimum Gasteiger partial charge on any atom is -0.356 e. The number of carbonyl (C=O) groups excluding carboxylic acids is 2. The van der Waals surface area contributed by atoms with Gasteiger partial charge < -0.3 is 10.2 Å². The molecule has 4 nitrogen and oxygen atoms in total. The summed E-state index contributed by atoms with van der Waals surface area (Å²) in [6.07, 6.45) is 3.30. The van der Waals surface area contributed by atoms with Crippen LogP contribution in [0, 0.1) is 11.7 Å². The molecule has 0 radical (unpaired) electrons. The molecule has 1 atom stereocenters. The van der Waals surface area contributed by atoms with Crippen molar-refractivity contribution in [3.63, 3.8) is 0 Å². The van der Waals surface area contributed by atoms with Gasteiger partial charge in [0, 0.05) is 19.6 Å². The fourth-order valence-corrected chi connectivity index (χ4v) is 3.47. The van der Waals surface area contributed by atoms with E-state index >= 15 is 0 Å². The molecule has 1 fully saturated rings. The molecule has 0 bridgehead atoms. The summed E-state index contributed by atoms with van der Waals surface area (Å²) in [4.78, 5) is 26.6. The van der Waals surface area contributed by atoms with Crippen LogP contribution in [0.3, 0.4) is 0 Å². The van der Waals surface area contributed by atoms with Gasteiger partial charge in [-0.3, -0.25) is 9.59 Å². The number of nitrogens with zero attached hydrogens (tertiary/aromatic N) is 1.